The summed E-state index contributed by atoms with van der Waals surface area (Å²) in [6, 6.07) is 28.4. The van der Waals surface area contributed by atoms with Crippen LogP contribution < -0.4 is 9.80 Å². The first kappa shape index (κ1) is 19.8. The van der Waals surface area contributed by atoms with E-state index in [1.807, 2.05) is 0 Å². The van der Waals surface area contributed by atoms with E-state index in [1.165, 1.54) is 22.2 Å². The summed E-state index contributed by atoms with van der Waals surface area (Å²) >= 11 is 0. The molecule has 0 aliphatic carbocycles. The summed E-state index contributed by atoms with van der Waals surface area (Å²) in [6.45, 7) is 8.44. The molecular formula is C27H31N4+. The number of fused-ring (bicyclic) bond motifs is 3. The van der Waals surface area contributed by atoms with Gasteiger partial charge in [0.2, 0.25) is 5.95 Å². The highest BCUT2D eigenvalue weighted by molar-refractivity contribution is 5.78. The molecule has 1 N–H and O–H groups in total. The number of hydrogen-bond acceptors (Lipinski definition) is 2. The van der Waals surface area contributed by atoms with Gasteiger partial charge in [-0.05, 0) is 34.7 Å². The van der Waals surface area contributed by atoms with Crippen LogP contribution in [-0.4, -0.2) is 22.8 Å². The molecule has 1 aromatic heterocycles. The first-order valence-electron chi connectivity index (χ1n) is 11.3. The fourth-order valence-corrected chi connectivity index (χ4v) is 4.55. The molecule has 0 amide bonds. The average Bonchev–Trinajstić information content (AvgIpc) is 3.18. The number of rotatable bonds is 6. The van der Waals surface area contributed by atoms with E-state index in [4.69, 9.17) is 4.98 Å². The minimum Gasteiger partial charge on any atom is -0.300 e. The van der Waals surface area contributed by atoms with Crippen molar-refractivity contribution in [3.8, 4) is 0 Å². The smallest absolute Gasteiger partial charge is 0.215 e. The fraction of sp³-hybridized carbons (Fsp3) is 0.296. The number of quaternary nitrogens is 1. The Bertz CT molecular complexity index is 1150. The van der Waals surface area contributed by atoms with Crippen LogP contribution in [0.25, 0.3) is 11.0 Å². The summed E-state index contributed by atoms with van der Waals surface area (Å²) in [4.78, 5) is 8.99. The van der Waals surface area contributed by atoms with Gasteiger partial charge < -0.3 is 4.90 Å². The van der Waals surface area contributed by atoms with Gasteiger partial charge in [0.15, 0.2) is 13.3 Å². The first-order valence-corrected chi connectivity index (χ1v) is 11.3. The molecule has 0 saturated heterocycles. The Kier molecular flexibility index (Phi) is 5.47. The summed E-state index contributed by atoms with van der Waals surface area (Å²) in [7, 11) is 0. The Labute approximate surface area is 184 Å². The summed E-state index contributed by atoms with van der Waals surface area (Å²) in [6.07, 6.45) is 1.09. The Hall–Kier alpha value is -3.11. The van der Waals surface area contributed by atoms with Gasteiger partial charge in [-0.1, -0.05) is 80.6 Å². The van der Waals surface area contributed by atoms with Gasteiger partial charge in [-0.15, -0.1) is 0 Å². The lowest BCUT2D eigenvalue weighted by atomic mass is 10.0. The third kappa shape index (κ3) is 4.21. The quantitative estimate of drug-likeness (QED) is 0.514. The summed E-state index contributed by atoms with van der Waals surface area (Å²) in [5.41, 5.74) is 6.48. The highest BCUT2D eigenvalue weighted by atomic mass is 15.5. The second-order valence-electron chi connectivity index (χ2n) is 8.97. The van der Waals surface area contributed by atoms with Gasteiger partial charge >= 0.3 is 0 Å². The van der Waals surface area contributed by atoms with E-state index in [1.54, 1.807) is 4.90 Å². The monoisotopic (exact) mass is 411 g/mol. The van der Waals surface area contributed by atoms with Crippen molar-refractivity contribution in [3.63, 3.8) is 0 Å². The molecule has 158 valence electrons. The van der Waals surface area contributed by atoms with Crippen LogP contribution in [0.2, 0.25) is 0 Å². The molecule has 0 radical (unpaired) electrons. The molecule has 4 nitrogen and oxygen atoms in total. The third-order valence-corrected chi connectivity index (χ3v) is 6.34. The number of para-hydroxylation sites is 2. The lowest BCUT2D eigenvalue weighted by Crippen LogP contribution is -3.14. The number of nitrogens with one attached hydrogen (secondary N) is 1. The van der Waals surface area contributed by atoms with Crippen molar-refractivity contribution in [1.82, 2.24) is 9.55 Å². The van der Waals surface area contributed by atoms with Crippen LogP contribution in [-0.2, 0) is 19.6 Å². The molecule has 4 aromatic rings. The molecular weight excluding hydrogens is 380 g/mol. The number of anilines is 1. The van der Waals surface area contributed by atoms with Crippen LogP contribution >= 0.6 is 0 Å². The molecule has 0 bridgehead atoms. The maximum Gasteiger partial charge on any atom is 0.215 e. The largest absolute Gasteiger partial charge is 0.300 e. The van der Waals surface area contributed by atoms with E-state index in [9.17, 15) is 0 Å². The molecule has 3 aromatic carbocycles. The molecule has 31 heavy (non-hydrogen) atoms. The Morgan fingerprint density at radius 3 is 2.35 bits per heavy atom. The highest BCUT2D eigenvalue weighted by Gasteiger charge is 2.28. The minimum atomic E-state index is 0.584. The maximum atomic E-state index is 4.99. The van der Waals surface area contributed by atoms with Gasteiger partial charge in [-0.25, -0.2) is 4.98 Å². The van der Waals surface area contributed by atoms with Crippen LogP contribution in [0.1, 0.15) is 36.5 Å². The van der Waals surface area contributed by atoms with Crippen molar-refractivity contribution in [1.29, 1.82) is 0 Å². The Morgan fingerprint density at radius 2 is 1.58 bits per heavy atom. The summed E-state index contributed by atoms with van der Waals surface area (Å²) in [5, 5.41) is 0. The Balaban J connectivity index is 1.38. The van der Waals surface area contributed by atoms with Crippen LogP contribution in [0.5, 0.6) is 0 Å². The zero-order valence-electron chi connectivity index (χ0n) is 18.5. The molecule has 0 saturated carbocycles. The van der Waals surface area contributed by atoms with Crippen LogP contribution in [0.15, 0.2) is 78.9 Å². The maximum absolute atomic E-state index is 4.99. The predicted molar refractivity (Wildman–Crippen MR) is 127 cm³/mol. The molecule has 1 atom stereocenters. The first-order chi connectivity index (χ1) is 15.2. The van der Waals surface area contributed by atoms with E-state index < -0.39 is 0 Å². The average molecular weight is 412 g/mol. The van der Waals surface area contributed by atoms with Crippen molar-refractivity contribution < 1.29 is 4.90 Å². The van der Waals surface area contributed by atoms with Crippen LogP contribution in [0.4, 0.5) is 5.95 Å². The minimum absolute atomic E-state index is 0.584. The molecule has 0 spiro atoms. The summed E-state index contributed by atoms with van der Waals surface area (Å²) in [5.74, 6) is 1.68. The van der Waals surface area contributed by atoms with E-state index in [0.717, 1.165) is 44.3 Å². The van der Waals surface area contributed by atoms with Crippen molar-refractivity contribution in [2.24, 2.45) is 0 Å². The predicted octanol–water partition coefficient (Wildman–Crippen LogP) is 4.22. The van der Waals surface area contributed by atoms with Crippen molar-refractivity contribution in [2.45, 2.75) is 39.4 Å². The number of hydrogen-bond donors (Lipinski definition) is 1. The van der Waals surface area contributed by atoms with E-state index in [2.05, 4.69) is 102 Å². The van der Waals surface area contributed by atoms with Gasteiger partial charge in [0.05, 0.1) is 24.1 Å². The number of aromatic nitrogens is 2. The number of nitrogens with zero attached hydrogens (tertiary/aromatic N) is 3. The molecule has 1 unspecified atom stereocenters. The second-order valence-corrected chi connectivity index (χ2v) is 8.97. The second kappa shape index (κ2) is 8.56. The zero-order valence-corrected chi connectivity index (χ0v) is 18.5. The molecule has 5 rings (SSSR count). The van der Waals surface area contributed by atoms with Gasteiger partial charge in [-0.3, -0.25) is 9.47 Å². The van der Waals surface area contributed by atoms with E-state index >= 15 is 0 Å². The lowest BCUT2D eigenvalue weighted by molar-refractivity contribution is -0.924. The van der Waals surface area contributed by atoms with Crippen molar-refractivity contribution >= 4 is 17.0 Å². The van der Waals surface area contributed by atoms with Gasteiger partial charge in [-0.2, -0.15) is 0 Å². The van der Waals surface area contributed by atoms with E-state index in [-0.39, 0.29) is 0 Å². The van der Waals surface area contributed by atoms with Crippen molar-refractivity contribution in [2.75, 3.05) is 18.1 Å². The topological polar surface area (TPSA) is 25.5 Å². The zero-order chi connectivity index (χ0) is 21.2. The Morgan fingerprint density at radius 1 is 0.839 bits per heavy atom. The third-order valence-electron chi connectivity index (χ3n) is 6.34. The molecule has 0 fully saturated rings. The molecule has 4 heteroatoms. The highest BCUT2D eigenvalue weighted by Crippen LogP contribution is 2.24. The fourth-order valence-electron chi connectivity index (χ4n) is 4.55. The molecule has 1 aliphatic heterocycles. The lowest BCUT2D eigenvalue weighted by Gasteiger charge is -2.34. The van der Waals surface area contributed by atoms with Gasteiger partial charge in [0.25, 0.3) is 0 Å². The normalized spacial score (nSPS) is 16.1. The van der Waals surface area contributed by atoms with Crippen molar-refractivity contribution in [3.05, 3.63) is 95.6 Å². The molecule has 2 heterocycles. The number of imidazole rings is 1. The number of benzene rings is 3. The van der Waals surface area contributed by atoms with Gasteiger partial charge in [0.1, 0.15) is 0 Å². The van der Waals surface area contributed by atoms with Gasteiger partial charge in [0, 0.05) is 6.42 Å². The standard InChI is InChI=1S/C27H30N4/c1-21(2)24-14-12-22(13-15-24)16-17-29-19-30(18-23-8-4-3-5-9-23)27-28-25-10-6-7-11-26(25)31(27)20-29/h3-15,21H,16-20H2,1-2H3/p+1. The van der Waals surface area contributed by atoms with E-state index in [0.29, 0.717) is 5.92 Å². The van der Waals surface area contributed by atoms with Crippen LogP contribution in [0.3, 0.4) is 0 Å². The molecule has 1 aliphatic rings. The SMILES string of the molecule is CC(C)c1ccc(CC[NH+]2CN(Cc3ccccc3)c3nc4ccccc4n3C2)cc1. The summed E-state index contributed by atoms with van der Waals surface area (Å²) < 4.78 is 2.40. The van der Waals surface area contributed by atoms with Crippen LogP contribution in [0, 0.1) is 0 Å².